The van der Waals surface area contributed by atoms with Crippen molar-refractivity contribution in [2.24, 2.45) is 0 Å². The zero-order chi connectivity index (χ0) is 14.2. The van der Waals surface area contributed by atoms with Crippen molar-refractivity contribution >= 4 is 11.4 Å². The topological polar surface area (TPSA) is 47.5 Å². The molecule has 3 N–H and O–H groups in total. The number of hydrazine groups is 1. The molecule has 104 valence electrons. The van der Waals surface area contributed by atoms with Crippen molar-refractivity contribution < 1.29 is 5.11 Å². The fourth-order valence-corrected chi connectivity index (χ4v) is 1.77. The van der Waals surface area contributed by atoms with Crippen LogP contribution in [-0.2, 0) is 0 Å². The fourth-order valence-electron chi connectivity index (χ4n) is 1.77. The van der Waals surface area contributed by atoms with E-state index in [9.17, 15) is 0 Å². The van der Waals surface area contributed by atoms with Gasteiger partial charge in [0.15, 0.2) is 0 Å². The number of anilines is 2. The molecule has 2 aromatic rings. The third-order valence-corrected chi connectivity index (χ3v) is 2.86. The summed E-state index contributed by atoms with van der Waals surface area (Å²) in [6.45, 7) is 0.948. The van der Waals surface area contributed by atoms with Crippen molar-refractivity contribution in [3.8, 4) is 5.75 Å². The number of hydrogen-bond donors (Lipinski definition) is 3. The van der Waals surface area contributed by atoms with E-state index in [2.05, 4.69) is 34.0 Å². The number of rotatable bonds is 2. The Bertz CT molecular complexity index is 529. The number of phenolic OH excluding ortho intramolecular Hbond substituents is 1. The molecule has 4 heteroatoms. The molecule has 0 bridgehead atoms. The second kappa shape index (κ2) is 7.09. The Labute approximate surface area is 119 Å². The smallest absolute Gasteiger partial charge is 0.115 e. The average molecular weight is 269 g/mol. The first-order valence-electron chi connectivity index (χ1n) is 6.50. The molecular formula is C16H19N3O. The Morgan fingerprint density at radius 2 is 1.75 bits per heavy atom. The molecule has 0 unspecified atom stereocenters. The van der Waals surface area contributed by atoms with E-state index in [-0.39, 0.29) is 0 Å². The highest BCUT2D eigenvalue weighted by molar-refractivity contribution is 5.47. The second-order valence-electron chi connectivity index (χ2n) is 4.27. The van der Waals surface area contributed by atoms with Gasteiger partial charge in [-0.15, -0.1) is 0 Å². The minimum absolute atomic E-state index is 0.300. The Morgan fingerprint density at radius 3 is 2.30 bits per heavy atom. The zero-order valence-electron chi connectivity index (χ0n) is 11.5. The van der Waals surface area contributed by atoms with Gasteiger partial charge >= 0.3 is 0 Å². The van der Waals surface area contributed by atoms with E-state index in [1.165, 1.54) is 5.69 Å². The molecule has 0 amide bonds. The lowest BCUT2D eigenvalue weighted by molar-refractivity contribution is 0.475. The van der Waals surface area contributed by atoms with Crippen LogP contribution < -0.4 is 15.8 Å². The summed E-state index contributed by atoms with van der Waals surface area (Å²) >= 11 is 0. The maximum atomic E-state index is 8.82. The van der Waals surface area contributed by atoms with Crippen molar-refractivity contribution in [1.82, 2.24) is 5.43 Å². The first-order chi connectivity index (χ1) is 9.79. The van der Waals surface area contributed by atoms with Gasteiger partial charge in [-0.2, -0.15) is 0 Å². The predicted molar refractivity (Wildman–Crippen MR) is 83.7 cm³/mol. The lowest BCUT2D eigenvalue weighted by atomic mass is 10.3. The maximum Gasteiger partial charge on any atom is 0.115 e. The average Bonchev–Trinajstić information content (AvgIpc) is 3.04. The van der Waals surface area contributed by atoms with Crippen LogP contribution in [-0.4, -0.2) is 18.7 Å². The summed E-state index contributed by atoms with van der Waals surface area (Å²) < 4.78 is 0. The molecule has 4 nitrogen and oxygen atoms in total. The largest absolute Gasteiger partial charge is 0.508 e. The highest BCUT2D eigenvalue weighted by Gasteiger charge is 2.04. The molecule has 1 aliphatic rings. The van der Waals surface area contributed by atoms with Gasteiger partial charge in [0, 0.05) is 18.9 Å². The number of para-hydroxylation sites is 1. The zero-order valence-corrected chi connectivity index (χ0v) is 11.5. The van der Waals surface area contributed by atoms with Crippen LogP contribution in [0.25, 0.3) is 0 Å². The summed E-state index contributed by atoms with van der Waals surface area (Å²) in [6.07, 6.45) is 4.04. The summed E-state index contributed by atoms with van der Waals surface area (Å²) in [5, 5.41) is 13.9. The van der Waals surface area contributed by atoms with Crippen molar-refractivity contribution in [3.05, 3.63) is 66.9 Å². The van der Waals surface area contributed by atoms with E-state index in [0.29, 0.717) is 5.75 Å². The summed E-state index contributed by atoms with van der Waals surface area (Å²) in [7, 11) is 1.84. The lowest BCUT2D eigenvalue weighted by Crippen LogP contribution is -2.29. The third-order valence-electron chi connectivity index (χ3n) is 2.86. The molecule has 0 saturated carbocycles. The number of nitrogens with zero attached hydrogens (tertiary/aromatic N) is 1. The van der Waals surface area contributed by atoms with Crippen LogP contribution >= 0.6 is 0 Å². The molecule has 0 aliphatic carbocycles. The molecule has 20 heavy (non-hydrogen) atoms. The van der Waals surface area contributed by atoms with Crippen molar-refractivity contribution in [2.75, 3.05) is 23.9 Å². The summed E-state index contributed by atoms with van der Waals surface area (Å²) in [6, 6.07) is 17.2. The van der Waals surface area contributed by atoms with Gasteiger partial charge in [-0.1, -0.05) is 18.2 Å². The van der Waals surface area contributed by atoms with Gasteiger partial charge in [0.25, 0.3) is 0 Å². The Hall–Kier alpha value is -2.62. The Kier molecular flexibility index (Phi) is 4.89. The molecule has 0 aromatic heterocycles. The summed E-state index contributed by atoms with van der Waals surface area (Å²) in [5.74, 6) is 0.300. The molecule has 3 rings (SSSR count). The van der Waals surface area contributed by atoms with E-state index in [0.717, 1.165) is 12.2 Å². The molecule has 0 saturated heterocycles. The van der Waals surface area contributed by atoms with Crippen LogP contribution in [0, 0.1) is 0 Å². The highest BCUT2D eigenvalue weighted by Crippen LogP contribution is 2.12. The molecular weight excluding hydrogens is 250 g/mol. The minimum Gasteiger partial charge on any atom is -0.508 e. The number of nitrogens with one attached hydrogen (secondary N) is 2. The number of aromatic hydroxyl groups is 1. The molecule has 1 aliphatic heterocycles. The van der Waals surface area contributed by atoms with Gasteiger partial charge in [0.2, 0.25) is 0 Å². The van der Waals surface area contributed by atoms with Crippen LogP contribution in [0.5, 0.6) is 5.75 Å². The number of benzene rings is 2. The van der Waals surface area contributed by atoms with Gasteiger partial charge in [-0.3, -0.25) is 5.01 Å². The van der Waals surface area contributed by atoms with E-state index in [1.54, 1.807) is 12.1 Å². The standard InChI is InChI=1S/C9H10N2.C7H9NO/c1-2-5-9(6-3-1)11-8-4-7-10-11;1-8-6-2-4-7(9)5-3-6/h1-7,10H,8H2;2-5,8-9H,1H3. The van der Waals surface area contributed by atoms with E-state index < -0.39 is 0 Å². The molecule has 0 radical (unpaired) electrons. The Balaban J connectivity index is 0.000000151. The fraction of sp³-hybridized carbons (Fsp3) is 0.125. The Morgan fingerprint density at radius 1 is 1.05 bits per heavy atom. The molecule has 1 heterocycles. The molecule has 2 aromatic carbocycles. The first kappa shape index (κ1) is 13.8. The van der Waals surface area contributed by atoms with Gasteiger partial charge in [-0.25, -0.2) is 0 Å². The molecule has 0 fully saturated rings. The highest BCUT2D eigenvalue weighted by atomic mass is 16.3. The van der Waals surface area contributed by atoms with Crippen molar-refractivity contribution in [1.29, 1.82) is 0 Å². The van der Waals surface area contributed by atoms with Gasteiger partial charge in [0.1, 0.15) is 5.75 Å². The van der Waals surface area contributed by atoms with Crippen molar-refractivity contribution in [2.45, 2.75) is 0 Å². The van der Waals surface area contributed by atoms with Crippen LogP contribution in [0.2, 0.25) is 0 Å². The third kappa shape index (κ3) is 3.95. The van der Waals surface area contributed by atoms with Crippen LogP contribution in [0.15, 0.2) is 66.9 Å². The predicted octanol–water partition coefficient (Wildman–Crippen LogP) is 2.96. The van der Waals surface area contributed by atoms with Gasteiger partial charge < -0.3 is 15.8 Å². The number of phenols is 1. The monoisotopic (exact) mass is 269 g/mol. The molecule has 0 spiro atoms. The first-order valence-corrected chi connectivity index (χ1v) is 6.50. The minimum atomic E-state index is 0.300. The molecule has 0 atom stereocenters. The van der Waals surface area contributed by atoms with Crippen LogP contribution in [0.3, 0.4) is 0 Å². The van der Waals surface area contributed by atoms with Crippen LogP contribution in [0.1, 0.15) is 0 Å². The van der Waals surface area contributed by atoms with Gasteiger partial charge in [-0.05, 0) is 42.5 Å². The number of hydrogen-bond acceptors (Lipinski definition) is 4. The normalized spacial score (nSPS) is 12.3. The summed E-state index contributed by atoms with van der Waals surface area (Å²) in [4.78, 5) is 0. The maximum absolute atomic E-state index is 8.82. The quantitative estimate of drug-likeness (QED) is 0.734. The van der Waals surface area contributed by atoms with Crippen LogP contribution in [0.4, 0.5) is 11.4 Å². The lowest BCUT2D eigenvalue weighted by Gasteiger charge is -2.17. The van der Waals surface area contributed by atoms with Gasteiger partial charge in [0.05, 0.1) is 12.2 Å². The van der Waals surface area contributed by atoms with E-state index in [1.807, 2.05) is 43.6 Å². The van der Waals surface area contributed by atoms with E-state index >= 15 is 0 Å². The second-order valence-corrected chi connectivity index (χ2v) is 4.27. The van der Waals surface area contributed by atoms with E-state index in [4.69, 9.17) is 5.11 Å². The SMILES string of the molecule is C1=CNN(c2ccccc2)C1.CNc1ccc(O)cc1. The summed E-state index contributed by atoms with van der Waals surface area (Å²) in [5.41, 5.74) is 5.34. The van der Waals surface area contributed by atoms with Crippen molar-refractivity contribution in [3.63, 3.8) is 0 Å².